The van der Waals surface area contributed by atoms with Crippen LogP contribution in [0.2, 0.25) is 0 Å². The lowest BCUT2D eigenvalue weighted by Crippen LogP contribution is -2.51. The van der Waals surface area contributed by atoms with E-state index in [0.29, 0.717) is 18.0 Å². The average molecular weight is 582 g/mol. The number of ether oxygens (including phenoxy) is 2. The smallest absolute Gasteiger partial charge is 0.264 e. The van der Waals surface area contributed by atoms with Crippen LogP contribution in [0.4, 0.5) is 5.69 Å². The van der Waals surface area contributed by atoms with E-state index in [2.05, 4.69) is 5.32 Å². The number of benzene rings is 3. The van der Waals surface area contributed by atoms with Gasteiger partial charge in [0.25, 0.3) is 10.0 Å². The minimum absolute atomic E-state index is 0.0260. The maximum Gasteiger partial charge on any atom is 0.264 e. The molecule has 2 amide bonds. The maximum atomic E-state index is 14.0. The van der Waals surface area contributed by atoms with Crippen LogP contribution in [0.3, 0.4) is 0 Å². The van der Waals surface area contributed by atoms with Gasteiger partial charge in [-0.1, -0.05) is 61.4 Å². The normalized spacial score (nSPS) is 11.8. The first-order chi connectivity index (χ1) is 19.6. The third-order valence-corrected chi connectivity index (χ3v) is 8.52. The van der Waals surface area contributed by atoms with Crippen molar-refractivity contribution >= 4 is 27.5 Å². The molecule has 0 heterocycles. The van der Waals surface area contributed by atoms with Crippen molar-refractivity contribution < 1.29 is 27.5 Å². The van der Waals surface area contributed by atoms with Crippen LogP contribution in [0.5, 0.6) is 11.5 Å². The number of carbonyl (C=O) groups is 2. The van der Waals surface area contributed by atoms with Crippen molar-refractivity contribution in [2.45, 2.75) is 51.1 Å². The van der Waals surface area contributed by atoms with Gasteiger partial charge in [-0.2, -0.15) is 0 Å². The quantitative estimate of drug-likeness (QED) is 0.280. The van der Waals surface area contributed by atoms with Crippen LogP contribution in [0.25, 0.3) is 0 Å². The number of sulfonamides is 1. The molecule has 0 aliphatic heterocycles. The summed E-state index contributed by atoms with van der Waals surface area (Å²) >= 11 is 0. The number of anilines is 1. The number of amides is 2. The van der Waals surface area contributed by atoms with Crippen LogP contribution in [0.1, 0.15) is 37.8 Å². The van der Waals surface area contributed by atoms with E-state index in [4.69, 9.17) is 9.47 Å². The molecule has 0 aliphatic carbocycles. The highest BCUT2D eigenvalue weighted by Gasteiger charge is 2.33. The lowest BCUT2D eigenvalue weighted by atomic mass is 10.1. The summed E-state index contributed by atoms with van der Waals surface area (Å²) in [5, 5.41) is 2.89. The van der Waals surface area contributed by atoms with E-state index < -0.39 is 28.5 Å². The molecule has 220 valence electrons. The number of hydrogen-bond acceptors (Lipinski definition) is 6. The zero-order valence-corrected chi connectivity index (χ0v) is 25.1. The third kappa shape index (κ3) is 8.00. The predicted molar refractivity (Wildman–Crippen MR) is 160 cm³/mol. The molecule has 0 spiro atoms. The summed E-state index contributed by atoms with van der Waals surface area (Å²) in [6.07, 6.45) is 1.73. The van der Waals surface area contributed by atoms with Crippen LogP contribution in [0, 0.1) is 6.92 Å². The topological polar surface area (TPSA) is 105 Å². The van der Waals surface area contributed by atoms with Gasteiger partial charge in [-0.15, -0.1) is 0 Å². The van der Waals surface area contributed by atoms with Gasteiger partial charge < -0.3 is 19.7 Å². The van der Waals surface area contributed by atoms with E-state index in [0.717, 1.165) is 28.3 Å². The highest BCUT2D eigenvalue weighted by atomic mass is 32.2. The molecule has 9 nitrogen and oxygen atoms in total. The monoisotopic (exact) mass is 581 g/mol. The molecular weight excluding hydrogens is 542 g/mol. The number of rotatable bonds is 14. The first kappa shape index (κ1) is 31.5. The van der Waals surface area contributed by atoms with Crippen LogP contribution < -0.4 is 19.1 Å². The molecule has 0 saturated heterocycles. The Morgan fingerprint density at radius 1 is 0.927 bits per heavy atom. The van der Waals surface area contributed by atoms with Crippen molar-refractivity contribution in [2.75, 3.05) is 31.6 Å². The van der Waals surface area contributed by atoms with Crippen LogP contribution in [-0.4, -0.2) is 58.5 Å². The zero-order valence-electron chi connectivity index (χ0n) is 24.3. The zero-order chi connectivity index (χ0) is 30.0. The summed E-state index contributed by atoms with van der Waals surface area (Å²) in [5.41, 5.74) is 2.10. The Morgan fingerprint density at radius 3 is 2.20 bits per heavy atom. The lowest BCUT2D eigenvalue weighted by Gasteiger charge is -2.32. The Kier molecular flexibility index (Phi) is 11.2. The maximum absolute atomic E-state index is 14.0. The fourth-order valence-corrected chi connectivity index (χ4v) is 5.66. The summed E-state index contributed by atoms with van der Waals surface area (Å²) in [4.78, 5) is 28.5. The molecule has 0 aromatic heterocycles. The van der Waals surface area contributed by atoms with Crippen LogP contribution in [-0.2, 0) is 26.2 Å². The summed E-state index contributed by atoms with van der Waals surface area (Å²) in [6, 6.07) is 19.4. The Balaban J connectivity index is 2.04. The molecule has 3 aromatic carbocycles. The summed E-state index contributed by atoms with van der Waals surface area (Å²) in [6.45, 7) is 5.73. The van der Waals surface area contributed by atoms with Gasteiger partial charge in [-0.25, -0.2) is 8.42 Å². The molecule has 3 aromatic rings. The Morgan fingerprint density at radius 2 is 1.59 bits per heavy atom. The van der Waals surface area contributed by atoms with Gasteiger partial charge in [-0.05, 0) is 50.1 Å². The third-order valence-electron chi connectivity index (χ3n) is 6.74. The first-order valence-corrected chi connectivity index (χ1v) is 15.0. The van der Waals surface area contributed by atoms with Gasteiger partial charge in [0.2, 0.25) is 11.8 Å². The molecule has 0 bridgehead atoms. The van der Waals surface area contributed by atoms with E-state index in [1.165, 1.54) is 37.3 Å². The molecular formula is C31H39N3O6S. The van der Waals surface area contributed by atoms with E-state index >= 15 is 0 Å². The minimum atomic E-state index is -4.18. The van der Waals surface area contributed by atoms with E-state index in [1.807, 2.05) is 38.1 Å². The van der Waals surface area contributed by atoms with Crippen LogP contribution in [0.15, 0.2) is 77.7 Å². The number of methoxy groups -OCH3 is 2. The summed E-state index contributed by atoms with van der Waals surface area (Å²) in [5.74, 6) is -0.107. The number of aryl methyl sites for hydroxylation is 1. The van der Waals surface area contributed by atoms with Gasteiger partial charge in [0.1, 0.15) is 12.6 Å². The molecule has 41 heavy (non-hydrogen) atoms. The average Bonchev–Trinajstić information content (AvgIpc) is 2.99. The predicted octanol–water partition coefficient (Wildman–Crippen LogP) is 4.54. The summed E-state index contributed by atoms with van der Waals surface area (Å²) in [7, 11) is -1.25. The first-order valence-electron chi connectivity index (χ1n) is 13.5. The number of carbonyl (C=O) groups excluding carboxylic acids is 2. The van der Waals surface area contributed by atoms with Crippen molar-refractivity contribution in [3.8, 4) is 11.5 Å². The Hall–Kier alpha value is -4.05. The largest absolute Gasteiger partial charge is 0.493 e. The van der Waals surface area contributed by atoms with Crippen LogP contribution >= 0.6 is 0 Å². The van der Waals surface area contributed by atoms with Gasteiger partial charge in [0.15, 0.2) is 11.5 Å². The molecule has 0 aliphatic rings. The fourth-order valence-electron chi connectivity index (χ4n) is 4.24. The molecule has 0 fully saturated rings. The van der Waals surface area contributed by atoms with Gasteiger partial charge in [0.05, 0.1) is 24.8 Å². The van der Waals surface area contributed by atoms with Crippen molar-refractivity contribution in [2.24, 2.45) is 0 Å². The van der Waals surface area contributed by atoms with Gasteiger partial charge in [0, 0.05) is 19.2 Å². The van der Waals surface area contributed by atoms with Gasteiger partial charge in [-0.3, -0.25) is 13.9 Å². The fraction of sp³-hybridized carbons (Fsp3) is 0.355. The van der Waals surface area contributed by atoms with Gasteiger partial charge >= 0.3 is 0 Å². The number of unbranched alkanes of at least 4 members (excludes halogenated alkanes) is 1. The van der Waals surface area contributed by atoms with Crippen molar-refractivity contribution in [3.63, 3.8) is 0 Å². The molecule has 1 atom stereocenters. The number of hydrogen-bond donors (Lipinski definition) is 1. The molecule has 3 rings (SSSR count). The van der Waals surface area contributed by atoms with E-state index in [9.17, 15) is 18.0 Å². The van der Waals surface area contributed by atoms with Crippen molar-refractivity contribution in [1.29, 1.82) is 0 Å². The van der Waals surface area contributed by atoms with Crippen molar-refractivity contribution in [3.05, 3.63) is 83.9 Å². The highest BCUT2D eigenvalue weighted by molar-refractivity contribution is 7.92. The molecule has 1 N–H and O–H groups in total. The Bertz CT molecular complexity index is 1410. The SMILES string of the molecule is CCCCNC(=O)[C@@H](C)N(Cc1ccc(C)cc1)C(=O)CN(c1ccc(OC)c(OC)c1)S(=O)(=O)c1ccccc1. The molecule has 0 radical (unpaired) electrons. The van der Waals surface area contributed by atoms with Crippen molar-refractivity contribution in [1.82, 2.24) is 10.2 Å². The molecule has 0 saturated carbocycles. The molecule has 0 unspecified atom stereocenters. The number of nitrogens with zero attached hydrogens (tertiary/aromatic N) is 2. The number of nitrogens with one attached hydrogen (secondary N) is 1. The summed E-state index contributed by atoms with van der Waals surface area (Å²) < 4.78 is 39.6. The van der Waals surface area contributed by atoms with E-state index in [1.54, 1.807) is 37.3 Å². The lowest BCUT2D eigenvalue weighted by molar-refractivity contribution is -0.139. The highest BCUT2D eigenvalue weighted by Crippen LogP contribution is 2.34. The second-order valence-corrected chi connectivity index (χ2v) is 11.6. The second kappa shape index (κ2) is 14.5. The second-order valence-electron chi connectivity index (χ2n) is 9.69. The standard InChI is InChI=1S/C31H39N3O6S/c1-6-7-19-32-31(36)24(3)33(21-25-15-13-23(2)14-16-25)30(35)22-34(41(37,38)27-11-9-8-10-12-27)26-17-18-28(39-4)29(20-26)40-5/h8-18,20,24H,6-7,19,21-22H2,1-5H3,(H,32,36)/t24-/m1/s1. The molecule has 10 heteroatoms. The minimum Gasteiger partial charge on any atom is -0.493 e. The Labute approximate surface area is 243 Å². The van der Waals surface area contributed by atoms with E-state index in [-0.39, 0.29) is 23.0 Å².